The molecule has 0 spiro atoms. The van der Waals surface area contributed by atoms with E-state index in [1.807, 2.05) is 18.2 Å². The van der Waals surface area contributed by atoms with Gasteiger partial charge in [-0.15, -0.1) is 0 Å². The summed E-state index contributed by atoms with van der Waals surface area (Å²) in [6, 6.07) is 9.10. The molecule has 2 amide bonds. The molecular formula is C16H20N2O4. The highest BCUT2D eigenvalue weighted by Gasteiger charge is 2.26. The van der Waals surface area contributed by atoms with E-state index in [-0.39, 0.29) is 17.7 Å². The van der Waals surface area contributed by atoms with Crippen LogP contribution in [0.25, 0.3) is 0 Å². The van der Waals surface area contributed by atoms with Gasteiger partial charge >= 0.3 is 5.97 Å². The number of benzene rings is 1. The van der Waals surface area contributed by atoms with Gasteiger partial charge in [-0.05, 0) is 24.9 Å². The molecule has 0 aromatic heterocycles. The first-order chi connectivity index (χ1) is 10.6. The first kappa shape index (κ1) is 16.2. The predicted octanol–water partition coefficient (Wildman–Crippen LogP) is 0.887. The lowest BCUT2D eigenvalue weighted by Gasteiger charge is -2.21. The Hall–Kier alpha value is -2.21. The van der Waals surface area contributed by atoms with Crippen LogP contribution in [0, 0.1) is 5.92 Å². The first-order valence-corrected chi connectivity index (χ1v) is 7.40. The molecule has 22 heavy (non-hydrogen) atoms. The summed E-state index contributed by atoms with van der Waals surface area (Å²) in [5.74, 6) is -2.11. The standard InChI is InChI=1S/C16H20N2O4/c19-14-7-6-12(15(20)18-14)10-17-9-8-13(16(21)22)11-4-2-1-3-5-11/h1-5,12-13,17H,6-10H2,(H,21,22)(H,18,19,20)/t12?,13-/m0/s1. The largest absolute Gasteiger partial charge is 0.481 e. The lowest BCUT2D eigenvalue weighted by atomic mass is 9.95. The molecule has 2 atom stereocenters. The van der Waals surface area contributed by atoms with Gasteiger partial charge in [0.15, 0.2) is 0 Å². The highest BCUT2D eigenvalue weighted by atomic mass is 16.4. The first-order valence-electron chi connectivity index (χ1n) is 7.40. The van der Waals surface area contributed by atoms with Crippen molar-refractivity contribution in [1.82, 2.24) is 10.6 Å². The number of piperidine rings is 1. The van der Waals surface area contributed by atoms with Crippen molar-refractivity contribution in [2.24, 2.45) is 5.92 Å². The molecule has 1 aromatic carbocycles. The minimum Gasteiger partial charge on any atom is -0.481 e. The number of hydrogen-bond acceptors (Lipinski definition) is 4. The zero-order valence-corrected chi connectivity index (χ0v) is 12.2. The van der Waals surface area contributed by atoms with Gasteiger partial charge in [0.1, 0.15) is 0 Å². The molecule has 3 N–H and O–H groups in total. The molecule has 2 rings (SSSR count). The van der Waals surface area contributed by atoms with Crippen LogP contribution in [0.5, 0.6) is 0 Å². The minimum absolute atomic E-state index is 0.224. The molecule has 6 heteroatoms. The summed E-state index contributed by atoms with van der Waals surface area (Å²) >= 11 is 0. The number of carbonyl (C=O) groups excluding carboxylic acids is 2. The van der Waals surface area contributed by atoms with E-state index in [0.29, 0.717) is 32.4 Å². The maximum Gasteiger partial charge on any atom is 0.311 e. The van der Waals surface area contributed by atoms with Gasteiger partial charge in [-0.2, -0.15) is 0 Å². The SMILES string of the molecule is O=C1CCC(CNCC[C@H](C(=O)O)c2ccccc2)C(=O)N1. The van der Waals surface area contributed by atoms with Crippen LogP contribution in [-0.4, -0.2) is 36.0 Å². The summed E-state index contributed by atoms with van der Waals surface area (Å²) in [5.41, 5.74) is 0.776. The fourth-order valence-electron chi connectivity index (χ4n) is 2.57. The van der Waals surface area contributed by atoms with Crippen LogP contribution in [-0.2, 0) is 14.4 Å². The smallest absolute Gasteiger partial charge is 0.311 e. The van der Waals surface area contributed by atoms with Crippen LogP contribution < -0.4 is 10.6 Å². The molecule has 1 saturated heterocycles. The van der Waals surface area contributed by atoms with E-state index in [9.17, 15) is 19.5 Å². The second kappa shape index (κ2) is 7.70. The van der Waals surface area contributed by atoms with Crippen LogP contribution in [0.1, 0.15) is 30.7 Å². The van der Waals surface area contributed by atoms with E-state index in [4.69, 9.17) is 0 Å². The Balaban J connectivity index is 1.78. The lowest BCUT2D eigenvalue weighted by Crippen LogP contribution is -2.44. The Morgan fingerprint density at radius 1 is 1.32 bits per heavy atom. The van der Waals surface area contributed by atoms with E-state index < -0.39 is 11.9 Å². The summed E-state index contributed by atoms with van der Waals surface area (Å²) in [6.07, 6.45) is 1.35. The molecule has 1 fully saturated rings. The molecule has 0 saturated carbocycles. The zero-order chi connectivity index (χ0) is 15.9. The third-order valence-electron chi connectivity index (χ3n) is 3.85. The Labute approximate surface area is 128 Å². The Morgan fingerprint density at radius 2 is 2.05 bits per heavy atom. The Morgan fingerprint density at radius 3 is 2.68 bits per heavy atom. The highest BCUT2D eigenvalue weighted by molar-refractivity contribution is 5.98. The molecule has 1 unspecified atom stereocenters. The number of imide groups is 1. The van der Waals surface area contributed by atoms with Crippen molar-refractivity contribution in [2.45, 2.75) is 25.2 Å². The van der Waals surface area contributed by atoms with E-state index >= 15 is 0 Å². The number of hydrogen-bond donors (Lipinski definition) is 3. The van der Waals surface area contributed by atoms with E-state index in [0.717, 1.165) is 5.56 Å². The molecule has 1 aliphatic heterocycles. The van der Waals surface area contributed by atoms with Crippen LogP contribution in [0.4, 0.5) is 0 Å². The fraction of sp³-hybridized carbons (Fsp3) is 0.438. The van der Waals surface area contributed by atoms with E-state index in [1.165, 1.54) is 0 Å². The molecule has 6 nitrogen and oxygen atoms in total. The molecule has 118 valence electrons. The Bertz CT molecular complexity index is 544. The molecule has 1 aromatic rings. The van der Waals surface area contributed by atoms with Crippen molar-refractivity contribution in [1.29, 1.82) is 0 Å². The second-order valence-electron chi connectivity index (χ2n) is 5.44. The monoisotopic (exact) mass is 304 g/mol. The number of nitrogens with one attached hydrogen (secondary N) is 2. The number of amides is 2. The quantitative estimate of drug-likeness (QED) is 0.513. The minimum atomic E-state index is -0.853. The van der Waals surface area contributed by atoms with Crippen LogP contribution >= 0.6 is 0 Å². The predicted molar refractivity (Wildman–Crippen MR) is 80.2 cm³/mol. The van der Waals surface area contributed by atoms with E-state index in [1.54, 1.807) is 12.1 Å². The van der Waals surface area contributed by atoms with Gasteiger partial charge in [-0.1, -0.05) is 30.3 Å². The van der Waals surface area contributed by atoms with Gasteiger partial charge in [0.05, 0.1) is 11.8 Å². The molecule has 1 heterocycles. The maximum absolute atomic E-state index is 11.6. The van der Waals surface area contributed by atoms with Crippen molar-refractivity contribution in [3.05, 3.63) is 35.9 Å². The summed E-state index contributed by atoms with van der Waals surface area (Å²) in [7, 11) is 0. The normalized spacial score (nSPS) is 19.5. The third kappa shape index (κ3) is 4.39. The zero-order valence-electron chi connectivity index (χ0n) is 12.2. The van der Waals surface area contributed by atoms with Crippen molar-refractivity contribution in [2.75, 3.05) is 13.1 Å². The van der Waals surface area contributed by atoms with Gasteiger partial charge in [-0.3, -0.25) is 19.7 Å². The average Bonchev–Trinajstić information content (AvgIpc) is 2.49. The summed E-state index contributed by atoms with van der Waals surface area (Å²) in [4.78, 5) is 34.0. The number of carboxylic acid groups (broad SMARTS) is 1. The molecule has 1 aliphatic rings. The topological polar surface area (TPSA) is 95.5 Å². The second-order valence-corrected chi connectivity index (χ2v) is 5.44. The van der Waals surface area contributed by atoms with Crippen LogP contribution in [0.3, 0.4) is 0 Å². The van der Waals surface area contributed by atoms with Gasteiger partial charge in [0, 0.05) is 13.0 Å². The summed E-state index contributed by atoms with van der Waals surface area (Å²) in [5, 5.41) is 14.7. The van der Waals surface area contributed by atoms with Crippen molar-refractivity contribution in [3.63, 3.8) is 0 Å². The van der Waals surface area contributed by atoms with Gasteiger partial charge in [0.25, 0.3) is 0 Å². The number of carbonyl (C=O) groups is 3. The fourth-order valence-corrected chi connectivity index (χ4v) is 2.57. The van der Waals surface area contributed by atoms with Crippen molar-refractivity contribution in [3.8, 4) is 0 Å². The van der Waals surface area contributed by atoms with Gasteiger partial charge in [-0.25, -0.2) is 0 Å². The lowest BCUT2D eigenvalue weighted by molar-refractivity contribution is -0.139. The van der Waals surface area contributed by atoms with Crippen LogP contribution in [0.2, 0.25) is 0 Å². The van der Waals surface area contributed by atoms with Crippen LogP contribution in [0.15, 0.2) is 30.3 Å². The van der Waals surface area contributed by atoms with Crippen molar-refractivity contribution >= 4 is 17.8 Å². The summed E-state index contributed by atoms with van der Waals surface area (Å²) in [6.45, 7) is 0.962. The van der Waals surface area contributed by atoms with Gasteiger partial charge in [0.2, 0.25) is 11.8 Å². The number of aliphatic carboxylic acids is 1. The van der Waals surface area contributed by atoms with Crippen molar-refractivity contribution < 1.29 is 19.5 Å². The van der Waals surface area contributed by atoms with E-state index in [2.05, 4.69) is 10.6 Å². The Kier molecular flexibility index (Phi) is 5.66. The summed E-state index contributed by atoms with van der Waals surface area (Å²) < 4.78 is 0. The highest BCUT2D eigenvalue weighted by Crippen LogP contribution is 2.19. The molecule has 0 aliphatic carbocycles. The third-order valence-corrected chi connectivity index (χ3v) is 3.85. The average molecular weight is 304 g/mol. The molecular weight excluding hydrogens is 284 g/mol. The van der Waals surface area contributed by atoms with Gasteiger partial charge < -0.3 is 10.4 Å². The number of carboxylic acids is 1. The molecule has 0 radical (unpaired) electrons. The maximum atomic E-state index is 11.6. The number of rotatable bonds is 7. The molecule has 0 bridgehead atoms.